The van der Waals surface area contributed by atoms with Crippen LogP contribution in [0.5, 0.6) is 11.5 Å². The Balaban J connectivity index is 2.03. The molecule has 1 atom stereocenters. The van der Waals surface area contributed by atoms with E-state index in [1.54, 1.807) is 6.92 Å². The Labute approximate surface area is 160 Å². The molecule has 2 aromatic rings. The normalized spacial score (nSPS) is 11.7. The number of amides is 1. The average Bonchev–Trinajstić information content (AvgIpc) is 2.61. The van der Waals surface area contributed by atoms with Gasteiger partial charge in [0.05, 0.1) is 12.3 Å². The summed E-state index contributed by atoms with van der Waals surface area (Å²) in [5.74, 6) is 1.06. The molecule has 0 fully saturated rings. The number of carbonyl (C=O) groups excluding carboxylic acids is 1. The number of hydrogen-bond acceptors (Lipinski definition) is 3. The second kappa shape index (κ2) is 9.48. The zero-order valence-electron chi connectivity index (χ0n) is 15.8. The first-order chi connectivity index (χ1) is 12.4. The summed E-state index contributed by atoms with van der Waals surface area (Å²) in [6, 6.07) is 11.1. The molecule has 0 aliphatic rings. The maximum absolute atomic E-state index is 12.5. The third kappa shape index (κ3) is 5.40. The first-order valence-electron chi connectivity index (χ1n) is 8.88. The quantitative estimate of drug-likeness (QED) is 0.616. The van der Waals surface area contributed by atoms with Crippen molar-refractivity contribution in [1.29, 1.82) is 0 Å². The number of carbonyl (C=O) groups is 1. The smallest absolute Gasteiger partial charge is 0.265 e. The Bertz CT molecular complexity index is 738. The van der Waals surface area contributed by atoms with Gasteiger partial charge in [-0.25, -0.2) is 0 Å². The molecule has 1 N–H and O–H groups in total. The average molecular weight is 376 g/mol. The third-order valence-electron chi connectivity index (χ3n) is 3.99. The Morgan fingerprint density at radius 1 is 1.19 bits per heavy atom. The van der Waals surface area contributed by atoms with E-state index in [1.807, 2.05) is 50.2 Å². The molecule has 5 heteroatoms. The number of hydrogen-bond donors (Lipinski definition) is 1. The minimum absolute atomic E-state index is 0.234. The molecule has 0 saturated carbocycles. The van der Waals surface area contributed by atoms with Crippen LogP contribution in [0.15, 0.2) is 36.4 Å². The van der Waals surface area contributed by atoms with E-state index in [0.717, 1.165) is 24.0 Å². The van der Waals surface area contributed by atoms with Gasteiger partial charge in [0.25, 0.3) is 5.91 Å². The van der Waals surface area contributed by atoms with Gasteiger partial charge in [0, 0.05) is 5.02 Å². The molecule has 26 heavy (non-hydrogen) atoms. The van der Waals surface area contributed by atoms with Crippen LogP contribution in [0.2, 0.25) is 5.02 Å². The second-order valence-electron chi connectivity index (χ2n) is 6.32. The molecule has 2 rings (SSSR count). The number of para-hydroxylation sites is 2. The highest BCUT2D eigenvalue weighted by molar-refractivity contribution is 6.32. The van der Waals surface area contributed by atoms with Gasteiger partial charge in [-0.2, -0.15) is 0 Å². The van der Waals surface area contributed by atoms with E-state index < -0.39 is 6.10 Å². The van der Waals surface area contributed by atoms with Crippen molar-refractivity contribution in [3.63, 3.8) is 0 Å². The van der Waals surface area contributed by atoms with Crippen LogP contribution in [0, 0.1) is 13.8 Å². The topological polar surface area (TPSA) is 47.6 Å². The first-order valence-corrected chi connectivity index (χ1v) is 9.26. The van der Waals surface area contributed by atoms with Gasteiger partial charge in [0.1, 0.15) is 11.5 Å². The van der Waals surface area contributed by atoms with Crippen LogP contribution < -0.4 is 14.8 Å². The van der Waals surface area contributed by atoms with Crippen LogP contribution in [0.25, 0.3) is 0 Å². The molecule has 0 aromatic heterocycles. The minimum Gasteiger partial charge on any atom is -0.491 e. The zero-order valence-corrected chi connectivity index (χ0v) is 16.5. The van der Waals surface area contributed by atoms with Gasteiger partial charge in [-0.05, 0) is 62.6 Å². The summed E-state index contributed by atoms with van der Waals surface area (Å²) in [4.78, 5) is 12.5. The predicted octanol–water partition coefficient (Wildman–Crippen LogP) is 5.54. The van der Waals surface area contributed by atoms with E-state index in [9.17, 15) is 4.79 Å². The van der Waals surface area contributed by atoms with Crippen LogP contribution in [0.1, 0.15) is 37.8 Å². The number of unbranched alkanes of at least 4 members (excludes halogenated alkanes) is 1. The fraction of sp³-hybridized carbons (Fsp3) is 0.381. The number of halogens is 1. The predicted molar refractivity (Wildman–Crippen MR) is 106 cm³/mol. The summed E-state index contributed by atoms with van der Waals surface area (Å²) in [5.41, 5.74) is 2.49. The van der Waals surface area contributed by atoms with Gasteiger partial charge >= 0.3 is 0 Å². The number of aryl methyl sites for hydroxylation is 2. The SMILES string of the molecule is CCCCOc1ccccc1NC(=O)C(C)Oc1cc(C)c(Cl)c(C)c1. The fourth-order valence-electron chi connectivity index (χ4n) is 2.49. The third-order valence-corrected chi connectivity index (χ3v) is 4.59. The van der Waals surface area contributed by atoms with E-state index >= 15 is 0 Å². The van der Waals surface area contributed by atoms with Crippen LogP contribution >= 0.6 is 11.6 Å². The largest absolute Gasteiger partial charge is 0.491 e. The fourth-order valence-corrected chi connectivity index (χ4v) is 2.60. The van der Waals surface area contributed by atoms with E-state index in [4.69, 9.17) is 21.1 Å². The van der Waals surface area contributed by atoms with E-state index in [1.165, 1.54) is 0 Å². The van der Waals surface area contributed by atoms with Crippen LogP contribution in [0.4, 0.5) is 5.69 Å². The van der Waals surface area contributed by atoms with E-state index in [-0.39, 0.29) is 5.91 Å². The Hall–Kier alpha value is -2.20. The summed E-state index contributed by atoms with van der Waals surface area (Å²) in [5, 5.41) is 3.60. The summed E-state index contributed by atoms with van der Waals surface area (Å²) in [7, 11) is 0. The Kier molecular flexibility index (Phi) is 7.34. The molecule has 2 aromatic carbocycles. The zero-order chi connectivity index (χ0) is 19.1. The highest BCUT2D eigenvalue weighted by Gasteiger charge is 2.17. The van der Waals surface area contributed by atoms with Crippen molar-refractivity contribution in [3.8, 4) is 11.5 Å². The van der Waals surface area contributed by atoms with E-state index in [0.29, 0.717) is 28.8 Å². The molecule has 140 valence electrons. The van der Waals surface area contributed by atoms with Crippen molar-refractivity contribution >= 4 is 23.2 Å². The lowest BCUT2D eigenvalue weighted by Gasteiger charge is -2.17. The number of anilines is 1. The molecule has 0 bridgehead atoms. The van der Waals surface area contributed by atoms with Gasteiger partial charge in [0.2, 0.25) is 0 Å². The van der Waals surface area contributed by atoms with Crippen molar-refractivity contribution in [2.75, 3.05) is 11.9 Å². The van der Waals surface area contributed by atoms with Gasteiger partial charge in [-0.3, -0.25) is 4.79 Å². The lowest BCUT2D eigenvalue weighted by molar-refractivity contribution is -0.122. The molecule has 1 unspecified atom stereocenters. The van der Waals surface area contributed by atoms with Crippen LogP contribution in [-0.4, -0.2) is 18.6 Å². The van der Waals surface area contributed by atoms with Crippen molar-refractivity contribution < 1.29 is 14.3 Å². The molecular weight excluding hydrogens is 350 g/mol. The van der Waals surface area contributed by atoms with Crippen LogP contribution in [-0.2, 0) is 4.79 Å². The molecule has 0 radical (unpaired) electrons. The molecule has 0 spiro atoms. The minimum atomic E-state index is -0.654. The van der Waals surface area contributed by atoms with Gasteiger partial charge < -0.3 is 14.8 Å². The standard InChI is InChI=1S/C21H26ClNO3/c1-5-6-11-25-19-10-8-7-9-18(19)23-21(24)16(4)26-17-12-14(2)20(22)15(3)13-17/h7-10,12-13,16H,5-6,11H2,1-4H3,(H,23,24). The lowest BCUT2D eigenvalue weighted by Crippen LogP contribution is -2.30. The summed E-state index contributed by atoms with van der Waals surface area (Å²) in [6.07, 6.45) is 1.37. The van der Waals surface area contributed by atoms with Crippen molar-refractivity contribution in [2.45, 2.75) is 46.6 Å². The highest BCUT2D eigenvalue weighted by Crippen LogP contribution is 2.27. The number of benzene rings is 2. The molecule has 0 heterocycles. The van der Waals surface area contributed by atoms with Gasteiger partial charge in [-0.15, -0.1) is 0 Å². The molecular formula is C21H26ClNO3. The van der Waals surface area contributed by atoms with Crippen molar-refractivity contribution in [3.05, 3.63) is 52.5 Å². The van der Waals surface area contributed by atoms with Crippen molar-refractivity contribution in [1.82, 2.24) is 0 Å². The molecule has 4 nitrogen and oxygen atoms in total. The number of rotatable bonds is 8. The molecule has 0 aliphatic heterocycles. The number of nitrogens with one attached hydrogen (secondary N) is 1. The number of ether oxygens (including phenoxy) is 2. The Morgan fingerprint density at radius 2 is 1.85 bits per heavy atom. The maximum atomic E-state index is 12.5. The Morgan fingerprint density at radius 3 is 2.50 bits per heavy atom. The maximum Gasteiger partial charge on any atom is 0.265 e. The molecule has 0 aliphatic carbocycles. The lowest BCUT2D eigenvalue weighted by atomic mass is 10.1. The first kappa shape index (κ1) is 20.1. The second-order valence-corrected chi connectivity index (χ2v) is 6.70. The summed E-state index contributed by atoms with van der Waals surface area (Å²) >= 11 is 6.18. The van der Waals surface area contributed by atoms with E-state index in [2.05, 4.69) is 12.2 Å². The summed E-state index contributed by atoms with van der Waals surface area (Å²) < 4.78 is 11.5. The molecule has 1 amide bonds. The van der Waals surface area contributed by atoms with Gasteiger partial charge in [-0.1, -0.05) is 37.1 Å². The van der Waals surface area contributed by atoms with Gasteiger partial charge in [0.15, 0.2) is 6.10 Å². The summed E-state index contributed by atoms with van der Waals surface area (Å²) in [6.45, 7) is 8.28. The monoisotopic (exact) mass is 375 g/mol. The highest BCUT2D eigenvalue weighted by atomic mass is 35.5. The van der Waals surface area contributed by atoms with Crippen molar-refractivity contribution in [2.24, 2.45) is 0 Å². The van der Waals surface area contributed by atoms with Crippen LogP contribution in [0.3, 0.4) is 0 Å². The molecule has 0 saturated heterocycles.